The van der Waals surface area contributed by atoms with Gasteiger partial charge in [0, 0.05) is 18.2 Å². The van der Waals surface area contributed by atoms with E-state index >= 15 is 0 Å². The number of hydrogen-bond acceptors (Lipinski definition) is 5. The monoisotopic (exact) mass is 407 g/mol. The third kappa shape index (κ3) is 3.82. The highest BCUT2D eigenvalue weighted by Gasteiger charge is 2.23. The van der Waals surface area contributed by atoms with Crippen molar-refractivity contribution in [1.29, 1.82) is 0 Å². The number of ether oxygens (including phenoxy) is 1. The number of phenols is 1. The van der Waals surface area contributed by atoms with Crippen LogP contribution in [-0.4, -0.2) is 29.7 Å². The molecule has 1 aliphatic rings. The van der Waals surface area contributed by atoms with Crippen molar-refractivity contribution in [2.75, 3.05) is 13.7 Å². The van der Waals surface area contributed by atoms with E-state index in [9.17, 15) is 9.90 Å². The maximum Gasteiger partial charge on any atom is 0.200 e. The second-order valence-corrected chi connectivity index (χ2v) is 7.97. The van der Waals surface area contributed by atoms with Gasteiger partial charge in [0.2, 0.25) is 5.43 Å². The SMILES string of the molecule is CCN(Cc1c(O)ccc2c(=O)c(-c3ccccc3OC)coc12)C1CCCCC1. The smallest absolute Gasteiger partial charge is 0.200 e. The first-order valence-corrected chi connectivity index (χ1v) is 10.8. The van der Waals surface area contributed by atoms with Gasteiger partial charge >= 0.3 is 0 Å². The van der Waals surface area contributed by atoms with Crippen LogP contribution < -0.4 is 10.2 Å². The molecule has 1 saturated carbocycles. The molecular weight excluding hydrogens is 378 g/mol. The number of hydrogen-bond donors (Lipinski definition) is 1. The minimum atomic E-state index is -0.122. The van der Waals surface area contributed by atoms with Gasteiger partial charge in [0.1, 0.15) is 23.3 Å². The summed E-state index contributed by atoms with van der Waals surface area (Å²) in [5.41, 5.74) is 2.18. The second-order valence-electron chi connectivity index (χ2n) is 7.97. The number of para-hydroxylation sites is 1. The fourth-order valence-corrected chi connectivity index (χ4v) is 4.60. The summed E-state index contributed by atoms with van der Waals surface area (Å²) in [6.07, 6.45) is 7.65. The number of phenolic OH excluding ortho intramolecular Hbond substituents is 1. The summed E-state index contributed by atoms with van der Waals surface area (Å²) in [6.45, 7) is 3.61. The maximum absolute atomic E-state index is 13.3. The molecule has 1 aliphatic carbocycles. The summed E-state index contributed by atoms with van der Waals surface area (Å²) < 4.78 is 11.4. The fourth-order valence-electron chi connectivity index (χ4n) is 4.60. The Morgan fingerprint density at radius 2 is 1.87 bits per heavy atom. The van der Waals surface area contributed by atoms with E-state index in [1.165, 1.54) is 38.4 Å². The lowest BCUT2D eigenvalue weighted by atomic mass is 9.93. The van der Waals surface area contributed by atoms with Gasteiger partial charge in [0.05, 0.1) is 23.6 Å². The van der Waals surface area contributed by atoms with Gasteiger partial charge in [-0.25, -0.2) is 0 Å². The predicted molar refractivity (Wildman–Crippen MR) is 119 cm³/mol. The molecule has 0 amide bonds. The van der Waals surface area contributed by atoms with E-state index < -0.39 is 0 Å². The van der Waals surface area contributed by atoms with Crippen molar-refractivity contribution < 1.29 is 14.3 Å². The fraction of sp³-hybridized carbons (Fsp3) is 0.400. The second kappa shape index (κ2) is 8.92. The Balaban J connectivity index is 1.77. The lowest BCUT2D eigenvalue weighted by molar-refractivity contribution is 0.155. The van der Waals surface area contributed by atoms with E-state index in [2.05, 4.69) is 11.8 Å². The van der Waals surface area contributed by atoms with Crippen molar-refractivity contribution in [2.24, 2.45) is 0 Å². The van der Waals surface area contributed by atoms with Crippen LogP contribution in [0, 0.1) is 0 Å². The molecule has 30 heavy (non-hydrogen) atoms. The van der Waals surface area contributed by atoms with E-state index in [1.54, 1.807) is 19.2 Å². The largest absolute Gasteiger partial charge is 0.507 e. The first-order chi connectivity index (χ1) is 14.6. The van der Waals surface area contributed by atoms with Gasteiger partial charge in [0.15, 0.2) is 0 Å². The lowest BCUT2D eigenvalue weighted by Crippen LogP contribution is -2.36. The first-order valence-electron chi connectivity index (χ1n) is 10.8. The molecule has 1 fully saturated rings. The zero-order valence-electron chi connectivity index (χ0n) is 17.7. The summed E-state index contributed by atoms with van der Waals surface area (Å²) in [5, 5.41) is 11.1. The maximum atomic E-state index is 13.3. The molecule has 0 bridgehead atoms. The van der Waals surface area contributed by atoms with Crippen molar-refractivity contribution in [2.45, 2.75) is 51.6 Å². The average molecular weight is 408 g/mol. The van der Waals surface area contributed by atoms with Gasteiger partial charge in [0.25, 0.3) is 0 Å². The van der Waals surface area contributed by atoms with Crippen molar-refractivity contribution in [3.8, 4) is 22.6 Å². The van der Waals surface area contributed by atoms with Gasteiger partial charge in [-0.1, -0.05) is 44.4 Å². The summed E-state index contributed by atoms with van der Waals surface area (Å²) in [4.78, 5) is 15.7. The van der Waals surface area contributed by atoms with Crippen LogP contribution in [0.15, 0.2) is 51.9 Å². The number of rotatable bonds is 6. The Kier molecular flexibility index (Phi) is 6.09. The Morgan fingerprint density at radius 3 is 2.60 bits per heavy atom. The van der Waals surface area contributed by atoms with E-state index in [1.807, 2.05) is 24.3 Å². The van der Waals surface area contributed by atoms with Crippen LogP contribution in [-0.2, 0) is 6.54 Å². The molecule has 1 aromatic heterocycles. The number of aromatic hydroxyl groups is 1. The minimum Gasteiger partial charge on any atom is -0.507 e. The van der Waals surface area contributed by atoms with Crippen LogP contribution in [0.1, 0.15) is 44.6 Å². The standard InChI is InChI=1S/C25H29NO4/c1-3-26(17-9-5-4-6-10-17)15-20-22(27)14-13-19-24(28)21(16-30-25(19)20)18-11-7-8-12-23(18)29-2/h7-8,11-14,16-17,27H,3-6,9-10,15H2,1-2H3. The summed E-state index contributed by atoms with van der Waals surface area (Å²) in [5.74, 6) is 0.794. The van der Waals surface area contributed by atoms with E-state index in [0.717, 1.165) is 6.54 Å². The summed E-state index contributed by atoms with van der Waals surface area (Å²) in [6, 6.07) is 11.2. The summed E-state index contributed by atoms with van der Waals surface area (Å²) in [7, 11) is 1.59. The quantitative estimate of drug-likeness (QED) is 0.598. The predicted octanol–water partition coefficient (Wildman–Crippen LogP) is 5.33. The zero-order chi connectivity index (χ0) is 21.1. The molecule has 0 radical (unpaired) electrons. The molecule has 2 aromatic carbocycles. The molecule has 5 nitrogen and oxygen atoms in total. The van der Waals surface area contributed by atoms with Gasteiger partial charge in [-0.05, 0) is 37.6 Å². The van der Waals surface area contributed by atoms with Crippen molar-refractivity contribution in [3.63, 3.8) is 0 Å². The van der Waals surface area contributed by atoms with Crippen LogP contribution >= 0.6 is 0 Å². The molecule has 0 aliphatic heterocycles. The number of nitrogens with zero attached hydrogens (tertiary/aromatic N) is 1. The van der Waals surface area contributed by atoms with Gasteiger partial charge < -0.3 is 14.3 Å². The number of benzene rings is 2. The molecule has 1 heterocycles. The summed E-state index contributed by atoms with van der Waals surface area (Å²) >= 11 is 0. The Bertz CT molecular complexity index is 1080. The molecular formula is C25H29NO4. The molecule has 5 heteroatoms. The van der Waals surface area contributed by atoms with Crippen molar-refractivity contribution in [1.82, 2.24) is 4.90 Å². The van der Waals surface area contributed by atoms with E-state index in [4.69, 9.17) is 9.15 Å². The van der Waals surface area contributed by atoms with Crippen LogP contribution in [0.2, 0.25) is 0 Å². The average Bonchev–Trinajstić information content (AvgIpc) is 2.79. The number of fused-ring (bicyclic) bond motifs is 1. The highest BCUT2D eigenvalue weighted by Crippen LogP contribution is 2.33. The van der Waals surface area contributed by atoms with E-state index in [-0.39, 0.29) is 11.2 Å². The topological polar surface area (TPSA) is 62.9 Å². The molecule has 158 valence electrons. The highest BCUT2D eigenvalue weighted by atomic mass is 16.5. The first kappa shape index (κ1) is 20.5. The minimum absolute atomic E-state index is 0.122. The Hall–Kier alpha value is -2.79. The molecule has 4 rings (SSSR count). The Morgan fingerprint density at radius 1 is 1.10 bits per heavy atom. The molecule has 0 spiro atoms. The Labute approximate surface area is 176 Å². The molecule has 0 unspecified atom stereocenters. The molecule has 3 aromatic rings. The van der Waals surface area contributed by atoms with Crippen molar-refractivity contribution in [3.05, 3.63) is 58.4 Å². The number of methoxy groups -OCH3 is 1. The van der Waals surface area contributed by atoms with Crippen LogP contribution in [0.3, 0.4) is 0 Å². The van der Waals surface area contributed by atoms with E-state index in [0.29, 0.717) is 46.0 Å². The zero-order valence-corrected chi connectivity index (χ0v) is 17.7. The van der Waals surface area contributed by atoms with Crippen LogP contribution in [0.25, 0.3) is 22.1 Å². The highest BCUT2D eigenvalue weighted by molar-refractivity contribution is 5.86. The normalized spacial score (nSPS) is 15.0. The lowest BCUT2D eigenvalue weighted by Gasteiger charge is -2.33. The van der Waals surface area contributed by atoms with Gasteiger partial charge in [-0.15, -0.1) is 0 Å². The van der Waals surface area contributed by atoms with Gasteiger partial charge in [-0.2, -0.15) is 0 Å². The van der Waals surface area contributed by atoms with Crippen LogP contribution in [0.5, 0.6) is 11.5 Å². The molecule has 1 N–H and O–H groups in total. The van der Waals surface area contributed by atoms with Crippen LogP contribution in [0.4, 0.5) is 0 Å². The third-order valence-electron chi connectivity index (χ3n) is 6.28. The van der Waals surface area contributed by atoms with Crippen molar-refractivity contribution >= 4 is 11.0 Å². The third-order valence-corrected chi connectivity index (χ3v) is 6.28. The van der Waals surface area contributed by atoms with Gasteiger partial charge in [-0.3, -0.25) is 9.69 Å². The molecule has 0 saturated heterocycles. The molecule has 0 atom stereocenters.